The molecule has 3 rings (SSSR count). The lowest BCUT2D eigenvalue weighted by molar-refractivity contribution is -0.126. The summed E-state index contributed by atoms with van der Waals surface area (Å²) in [5.41, 5.74) is 3.66. The predicted molar refractivity (Wildman–Crippen MR) is 92.9 cm³/mol. The van der Waals surface area contributed by atoms with Gasteiger partial charge in [-0.25, -0.2) is 0 Å². The number of H-pyrrole nitrogens is 1. The van der Waals surface area contributed by atoms with Crippen LogP contribution in [0.2, 0.25) is 0 Å². The number of carbonyl (C=O) groups is 1. The van der Waals surface area contributed by atoms with Crippen LogP contribution in [0.4, 0.5) is 0 Å². The summed E-state index contributed by atoms with van der Waals surface area (Å²) in [6.07, 6.45) is 9.69. The summed E-state index contributed by atoms with van der Waals surface area (Å²) in [6.45, 7) is 2.67. The van der Waals surface area contributed by atoms with E-state index in [-0.39, 0.29) is 5.91 Å². The highest BCUT2D eigenvalue weighted by atomic mass is 16.2. The number of hydrogen-bond acceptors (Lipinski definition) is 2. The molecule has 0 spiro atoms. The SMILES string of the molecule is C#CCN(C)C/C=C/C(=O)N1CCc2c([nH]c3ccccc23)C1. The van der Waals surface area contributed by atoms with E-state index in [1.165, 1.54) is 10.9 Å². The van der Waals surface area contributed by atoms with Crippen molar-refractivity contribution in [2.45, 2.75) is 13.0 Å². The smallest absolute Gasteiger partial charge is 0.246 e. The van der Waals surface area contributed by atoms with Crippen molar-refractivity contribution in [3.8, 4) is 12.3 Å². The van der Waals surface area contributed by atoms with Gasteiger partial charge < -0.3 is 9.88 Å². The van der Waals surface area contributed by atoms with E-state index >= 15 is 0 Å². The second-order valence-corrected chi connectivity index (χ2v) is 5.94. The van der Waals surface area contributed by atoms with E-state index in [9.17, 15) is 4.79 Å². The van der Waals surface area contributed by atoms with Gasteiger partial charge in [-0.3, -0.25) is 9.69 Å². The summed E-state index contributed by atoms with van der Waals surface area (Å²) >= 11 is 0. The molecule has 1 aromatic heterocycles. The molecule has 0 radical (unpaired) electrons. The monoisotopic (exact) mass is 307 g/mol. The zero-order valence-corrected chi connectivity index (χ0v) is 13.4. The lowest BCUT2D eigenvalue weighted by Crippen LogP contribution is -2.34. The molecule has 4 nitrogen and oxygen atoms in total. The van der Waals surface area contributed by atoms with E-state index in [1.54, 1.807) is 6.08 Å². The molecule has 2 aromatic rings. The molecular formula is C19H21N3O. The lowest BCUT2D eigenvalue weighted by atomic mass is 10.0. The first kappa shape index (κ1) is 15.4. The highest BCUT2D eigenvalue weighted by molar-refractivity contribution is 5.89. The van der Waals surface area contributed by atoms with Crippen LogP contribution >= 0.6 is 0 Å². The second-order valence-electron chi connectivity index (χ2n) is 5.94. The quantitative estimate of drug-likeness (QED) is 0.694. The largest absolute Gasteiger partial charge is 0.357 e. The molecule has 0 bridgehead atoms. The number of amides is 1. The van der Waals surface area contributed by atoms with Gasteiger partial charge in [0.15, 0.2) is 0 Å². The Morgan fingerprint density at radius 1 is 1.48 bits per heavy atom. The number of aromatic nitrogens is 1. The summed E-state index contributed by atoms with van der Waals surface area (Å²) in [5, 5.41) is 1.28. The van der Waals surface area contributed by atoms with Crippen molar-refractivity contribution in [1.29, 1.82) is 0 Å². The van der Waals surface area contributed by atoms with Crippen LogP contribution in [0.3, 0.4) is 0 Å². The molecule has 0 saturated carbocycles. The first-order valence-corrected chi connectivity index (χ1v) is 7.85. The summed E-state index contributed by atoms with van der Waals surface area (Å²) in [4.78, 5) is 19.6. The number of nitrogens with one attached hydrogen (secondary N) is 1. The average Bonchev–Trinajstić information content (AvgIpc) is 2.92. The Balaban J connectivity index is 1.66. The molecule has 23 heavy (non-hydrogen) atoms. The topological polar surface area (TPSA) is 39.3 Å². The minimum Gasteiger partial charge on any atom is -0.357 e. The molecule has 4 heteroatoms. The zero-order valence-electron chi connectivity index (χ0n) is 13.4. The van der Waals surface area contributed by atoms with Crippen LogP contribution in [0.25, 0.3) is 10.9 Å². The number of aromatic amines is 1. The number of benzene rings is 1. The van der Waals surface area contributed by atoms with Gasteiger partial charge in [-0.1, -0.05) is 30.2 Å². The van der Waals surface area contributed by atoms with E-state index in [0.29, 0.717) is 19.6 Å². The van der Waals surface area contributed by atoms with E-state index in [4.69, 9.17) is 6.42 Å². The fourth-order valence-corrected chi connectivity index (χ4v) is 3.04. The van der Waals surface area contributed by atoms with E-state index in [1.807, 2.05) is 29.0 Å². The maximum atomic E-state index is 12.3. The maximum Gasteiger partial charge on any atom is 0.246 e. The first-order chi connectivity index (χ1) is 11.2. The van der Waals surface area contributed by atoms with Crippen LogP contribution in [0, 0.1) is 12.3 Å². The van der Waals surface area contributed by atoms with E-state index in [2.05, 4.69) is 29.1 Å². The van der Waals surface area contributed by atoms with Gasteiger partial charge in [-0.05, 0) is 25.1 Å². The van der Waals surface area contributed by atoms with Crippen molar-refractivity contribution in [1.82, 2.24) is 14.8 Å². The van der Waals surface area contributed by atoms with Crippen LogP contribution in [0.5, 0.6) is 0 Å². The fraction of sp³-hybridized carbons (Fsp3) is 0.316. The molecule has 0 unspecified atom stereocenters. The van der Waals surface area contributed by atoms with Crippen molar-refractivity contribution >= 4 is 16.8 Å². The van der Waals surface area contributed by atoms with Crippen LogP contribution in [-0.2, 0) is 17.8 Å². The molecule has 0 aliphatic carbocycles. The average molecular weight is 307 g/mol. The highest BCUT2D eigenvalue weighted by Crippen LogP contribution is 2.27. The Kier molecular flexibility index (Phi) is 4.50. The molecule has 0 saturated heterocycles. The summed E-state index contributed by atoms with van der Waals surface area (Å²) in [6, 6.07) is 8.32. The molecule has 1 aliphatic rings. The third kappa shape index (κ3) is 3.30. The molecule has 0 fully saturated rings. The van der Waals surface area contributed by atoms with Gasteiger partial charge in [0.2, 0.25) is 5.91 Å². The zero-order chi connectivity index (χ0) is 16.2. The Labute approximate surface area is 136 Å². The van der Waals surface area contributed by atoms with Crippen molar-refractivity contribution in [2.75, 3.05) is 26.7 Å². The van der Waals surface area contributed by atoms with Crippen molar-refractivity contribution in [3.63, 3.8) is 0 Å². The second kappa shape index (κ2) is 6.72. The van der Waals surface area contributed by atoms with Crippen molar-refractivity contribution < 1.29 is 4.79 Å². The number of carbonyl (C=O) groups excluding carboxylic acids is 1. The molecule has 1 amide bonds. The third-order valence-electron chi connectivity index (χ3n) is 4.23. The molecule has 1 aliphatic heterocycles. The van der Waals surface area contributed by atoms with Crippen LogP contribution in [0.1, 0.15) is 11.3 Å². The van der Waals surface area contributed by atoms with Crippen LogP contribution < -0.4 is 0 Å². The lowest BCUT2D eigenvalue weighted by Gasteiger charge is -2.26. The third-order valence-corrected chi connectivity index (χ3v) is 4.23. The molecule has 1 N–H and O–H groups in total. The van der Waals surface area contributed by atoms with E-state index < -0.39 is 0 Å². The summed E-state index contributed by atoms with van der Waals surface area (Å²) < 4.78 is 0. The molecule has 1 aromatic carbocycles. The Morgan fingerprint density at radius 3 is 3.13 bits per heavy atom. The van der Waals surface area contributed by atoms with Crippen molar-refractivity contribution in [2.24, 2.45) is 0 Å². The Hall–Kier alpha value is -2.51. The number of para-hydroxylation sites is 1. The minimum atomic E-state index is 0.0587. The predicted octanol–water partition coefficient (Wildman–Crippen LogP) is 2.17. The summed E-state index contributed by atoms with van der Waals surface area (Å²) in [7, 11) is 1.94. The minimum absolute atomic E-state index is 0.0587. The van der Waals surface area contributed by atoms with E-state index in [0.717, 1.165) is 24.2 Å². The normalized spacial score (nSPS) is 14.4. The highest BCUT2D eigenvalue weighted by Gasteiger charge is 2.22. The molecule has 0 atom stereocenters. The van der Waals surface area contributed by atoms with Gasteiger partial charge in [0.25, 0.3) is 0 Å². The number of fused-ring (bicyclic) bond motifs is 3. The standard InChI is InChI=1S/C19H21N3O/c1-3-11-21(2)12-6-9-19(23)22-13-10-16-15-7-4-5-8-17(15)20-18(16)14-22/h1,4-9,20H,10-14H2,2H3/b9-6+. The van der Waals surface area contributed by atoms with Crippen LogP contribution in [-0.4, -0.2) is 47.4 Å². The van der Waals surface area contributed by atoms with Gasteiger partial charge >= 0.3 is 0 Å². The number of hydrogen-bond donors (Lipinski definition) is 1. The number of terminal acetylenes is 1. The number of nitrogens with zero attached hydrogens (tertiary/aromatic N) is 2. The molecular weight excluding hydrogens is 286 g/mol. The van der Waals surface area contributed by atoms with Crippen LogP contribution in [0.15, 0.2) is 36.4 Å². The number of likely N-dealkylation sites (N-methyl/N-ethyl adjacent to an activating group) is 1. The van der Waals surface area contributed by atoms with Gasteiger partial charge in [-0.2, -0.15) is 0 Å². The fourth-order valence-electron chi connectivity index (χ4n) is 3.04. The Bertz CT molecular complexity index is 781. The van der Waals surface area contributed by atoms with Gasteiger partial charge in [0.05, 0.1) is 13.1 Å². The van der Waals surface area contributed by atoms with Gasteiger partial charge in [0.1, 0.15) is 0 Å². The van der Waals surface area contributed by atoms with Crippen molar-refractivity contribution in [3.05, 3.63) is 47.7 Å². The van der Waals surface area contributed by atoms with Gasteiger partial charge in [-0.15, -0.1) is 6.42 Å². The molecule has 2 heterocycles. The molecule has 118 valence electrons. The maximum absolute atomic E-state index is 12.3. The summed E-state index contributed by atoms with van der Waals surface area (Å²) in [5.74, 6) is 2.64. The number of rotatable bonds is 4. The van der Waals surface area contributed by atoms with Gasteiger partial charge in [0, 0.05) is 35.8 Å². The first-order valence-electron chi connectivity index (χ1n) is 7.85. The Morgan fingerprint density at radius 2 is 2.30 bits per heavy atom.